The highest BCUT2D eigenvalue weighted by atomic mass is 35.5. The predicted molar refractivity (Wildman–Crippen MR) is 139 cm³/mol. The second-order valence-electron chi connectivity index (χ2n) is 8.12. The van der Waals surface area contributed by atoms with Crippen LogP contribution in [0.5, 0.6) is 5.75 Å². The molecule has 0 saturated carbocycles. The number of ether oxygens (including phenoxy) is 1. The number of carbonyl (C=O) groups is 4. The van der Waals surface area contributed by atoms with Gasteiger partial charge in [-0.1, -0.05) is 47.5 Å². The Bertz CT molecular complexity index is 1450. The van der Waals surface area contributed by atoms with E-state index in [-0.39, 0.29) is 37.9 Å². The van der Waals surface area contributed by atoms with Gasteiger partial charge in [-0.3, -0.25) is 14.4 Å². The lowest BCUT2D eigenvalue weighted by Gasteiger charge is -2.12. The number of allylic oxidation sites excluding steroid dienone is 2. The maximum atomic E-state index is 13.4. The van der Waals surface area contributed by atoms with E-state index in [1.165, 1.54) is 54.6 Å². The van der Waals surface area contributed by atoms with E-state index in [0.29, 0.717) is 0 Å². The van der Waals surface area contributed by atoms with E-state index < -0.39 is 48.2 Å². The Kier molecular flexibility index (Phi) is 9.69. The molecule has 0 unspecified atom stereocenters. The molecule has 0 fully saturated rings. The van der Waals surface area contributed by atoms with E-state index in [1.807, 2.05) is 0 Å². The molecule has 0 heterocycles. The van der Waals surface area contributed by atoms with Crippen LogP contribution >= 0.6 is 23.2 Å². The highest BCUT2D eigenvalue weighted by Crippen LogP contribution is 2.28. The first-order valence-corrected chi connectivity index (χ1v) is 11.9. The summed E-state index contributed by atoms with van der Waals surface area (Å²) in [5.41, 5.74) is 0.00110. The van der Waals surface area contributed by atoms with Crippen LogP contribution in [0.15, 0.2) is 72.8 Å². The van der Waals surface area contributed by atoms with Gasteiger partial charge in [0.25, 0.3) is 5.91 Å². The minimum Gasteiger partial charge on any atom is -0.479 e. The monoisotopic (exact) mass is 595 g/mol. The van der Waals surface area contributed by atoms with Crippen molar-refractivity contribution in [3.63, 3.8) is 0 Å². The number of rotatable bonds is 10. The Morgan fingerprint density at radius 1 is 0.850 bits per heavy atom. The predicted octanol–water partition coefficient (Wildman–Crippen LogP) is 5.22. The summed E-state index contributed by atoms with van der Waals surface area (Å²) in [6.45, 7) is -0.550. The van der Waals surface area contributed by atoms with Gasteiger partial charge in [0, 0.05) is 32.3 Å². The molecule has 13 heteroatoms. The topological polar surface area (TPSA) is 130 Å². The van der Waals surface area contributed by atoms with E-state index in [9.17, 15) is 37.5 Å². The molecule has 40 heavy (non-hydrogen) atoms. The van der Waals surface area contributed by atoms with Crippen molar-refractivity contribution in [1.82, 2.24) is 5.32 Å². The van der Waals surface area contributed by atoms with Gasteiger partial charge in [0.15, 0.2) is 17.7 Å². The SMILES string of the molecule is O=C(C=C(C(=O)c1ccc(C(=O)NC[C@@H](O)C(=O)O)cc1)c1ccc(OC(F)(F)F)cc1)c1cc(Cl)cc(Cl)c1. The number of aliphatic carboxylic acids is 1. The Balaban J connectivity index is 1.94. The van der Waals surface area contributed by atoms with Crippen LogP contribution in [0.4, 0.5) is 13.2 Å². The number of carboxylic acids is 1. The molecule has 1 amide bonds. The first-order valence-electron chi connectivity index (χ1n) is 11.2. The molecule has 0 bridgehead atoms. The van der Waals surface area contributed by atoms with Crippen molar-refractivity contribution in [3.8, 4) is 5.75 Å². The maximum Gasteiger partial charge on any atom is 0.573 e. The fraction of sp³-hybridized carbons (Fsp3) is 0.111. The number of hydrogen-bond acceptors (Lipinski definition) is 6. The van der Waals surface area contributed by atoms with Gasteiger partial charge in [0.2, 0.25) is 0 Å². The number of carboxylic acid groups (broad SMARTS) is 1. The first-order chi connectivity index (χ1) is 18.7. The van der Waals surface area contributed by atoms with Crippen LogP contribution in [0.2, 0.25) is 10.0 Å². The number of halogens is 5. The molecular formula is C27H18Cl2F3NO7. The summed E-state index contributed by atoms with van der Waals surface area (Å²) in [6.07, 6.45) is -5.76. The van der Waals surface area contributed by atoms with Crippen molar-refractivity contribution in [3.05, 3.63) is 105 Å². The normalized spacial score (nSPS) is 12.4. The molecule has 208 valence electrons. The third-order valence-corrected chi connectivity index (χ3v) is 5.65. The highest BCUT2D eigenvalue weighted by molar-refractivity contribution is 6.36. The lowest BCUT2D eigenvalue weighted by atomic mass is 9.94. The quantitative estimate of drug-likeness (QED) is 0.216. The maximum absolute atomic E-state index is 13.4. The van der Waals surface area contributed by atoms with Gasteiger partial charge in [-0.15, -0.1) is 13.2 Å². The standard InChI is InChI=1S/C27H18Cl2F3NO7/c28-18-9-17(10-19(29)11-18)22(34)12-21(14-5-7-20(8-6-14)40-27(30,31)32)24(36)15-1-3-16(4-2-15)25(37)33-13-23(35)26(38)39/h1-12,23,35H,13H2,(H,33,37)(H,38,39)/t23-/m1/s1. The summed E-state index contributed by atoms with van der Waals surface area (Å²) in [5.74, 6) is -4.16. The number of benzene rings is 3. The Labute approximate surface area is 234 Å². The molecule has 0 radical (unpaired) electrons. The molecular weight excluding hydrogens is 578 g/mol. The highest BCUT2D eigenvalue weighted by Gasteiger charge is 2.31. The molecule has 0 aromatic heterocycles. The van der Waals surface area contributed by atoms with E-state index >= 15 is 0 Å². The van der Waals surface area contributed by atoms with E-state index in [0.717, 1.165) is 18.2 Å². The van der Waals surface area contributed by atoms with Crippen LogP contribution in [-0.4, -0.2) is 52.7 Å². The number of hydrogen-bond donors (Lipinski definition) is 3. The Morgan fingerprint density at radius 2 is 1.38 bits per heavy atom. The van der Waals surface area contributed by atoms with Gasteiger partial charge in [-0.2, -0.15) is 0 Å². The molecule has 3 rings (SSSR count). The molecule has 3 aromatic carbocycles. The van der Waals surface area contributed by atoms with Crippen molar-refractivity contribution in [2.24, 2.45) is 0 Å². The molecule has 0 saturated heterocycles. The average molecular weight is 596 g/mol. The van der Waals surface area contributed by atoms with Crippen LogP contribution in [0.3, 0.4) is 0 Å². The van der Waals surface area contributed by atoms with Gasteiger partial charge in [-0.25, -0.2) is 4.79 Å². The van der Waals surface area contributed by atoms with Gasteiger partial charge < -0.3 is 20.3 Å². The van der Waals surface area contributed by atoms with Crippen molar-refractivity contribution in [2.75, 3.05) is 6.54 Å². The van der Waals surface area contributed by atoms with Crippen molar-refractivity contribution >= 4 is 52.2 Å². The first kappa shape index (κ1) is 30.4. The number of aliphatic hydroxyl groups is 1. The number of alkyl halides is 3. The summed E-state index contributed by atoms with van der Waals surface area (Å²) < 4.78 is 41.6. The molecule has 0 spiro atoms. The zero-order chi connectivity index (χ0) is 29.6. The summed E-state index contributed by atoms with van der Waals surface area (Å²) in [4.78, 5) is 49.4. The lowest BCUT2D eigenvalue weighted by Crippen LogP contribution is -2.36. The third kappa shape index (κ3) is 8.40. The number of carbonyl (C=O) groups excluding carboxylic acids is 3. The molecule has 0 aliphatic heterocycles. The minimum absolute atomic E-state index is 0.0147. The zero-order valence-corrected chi connectivity index (χ0v) is 21.6. The molecule has 0 aliphatic carbocycles. The zero-order valence-electron chi connectivity index (χ0n) is 20.0. The van der Waals surface area contributed by atoms with Crippen molar-refractivity contribution < 1.29 is 47.3 Å². The fourth-order valence-corrected chi connectivity index (χ4v) is 3.86. The van der Waals surface area contributed by atoms with Gasteiger partial charge in [0.05, 0.1) is 6.54 Å². The second kappa shape index (κ2) is 12.8. The smallest absolute Gasteiger partial charge is 0.479 e. The number of amides is 1. The summed E-state index contributed by atoms with van der Waals surface area (Å²) in [7, 11) is 0. The second-order valence-corrected chi connectivity index (χ2v) is 9.00. The molecule has 3 aromatic rings. The van der Waals surface area contributed by atoms with E-state index in [4.69, 9.17) is 28.3 Å². The third-order valence-electron chi connectivity index (χ3n) is 5.22. The fourth-order valence-electron chi connectivity index (χ4n) is 3.33. The van der Waals surface area contributed by atoms with Crippen LogP contribution in [0.1, 0.15) is 36.6 Å². The van der Waals surface area contributed by atoms with Gasteiger partial charge >= 0.3 is 12.3 Å². The Hall–Kier alpha value is -4.19. The largest absolute Gasteiger partial charge is 0.573 e. The van der Waals surface area contributed by atoms with Crippen LogP contribution in [0.25, 0.3) is 5.57 Å². The molecule has 0 aliphatic rings. The minimum atomic E-state index is -4.93. The average Bonchev–Trinajstić information content (AvgIpc) is 2.88. The summed E-state index contributed by atoms with van der Waals surface area (Å²) >= 11 is 11.9. The molecule has 8 nitrogen and oxygen atoms in total. The van der Waals surface area contributed by atoms with E-state index in [1.54, 1.807) is 0 Å². The lowest BCUT2D eigenvalue weighted by molar-refractivity contribution is -0.274. The number of aliphatic hydroxyl groups excluding tert-OH is 1. The van der Waals surface area contributed by atoms with Gasteiger partial charge in [0.1, 0.15) is 5.75 Å². The number of nitrogens with one attached hydrogen (secondary N) is 1. The van der Waals surface area contributed by atoms with E-state index in [2.05, 4.69) is 10.1 Å². The van der Waals surface area contributed by atoms with Crippen molar-refractivity contribution in [2.45, 2.75) is 12.5 Å². The molecule has 3 N–H and O–H groups in total. The van der Waals surface area contributed by atoms with Crippen LogP contribution in [0, 0.1) is 0 Å². The van der Waals surface area contributed by atoms with Crippen LogP contribution in [-0.2, 0) is 4.79 Å². The number of Topliss-reactive ketones (excluding diaryl/α,β-unsaturated/α-hetero) is 1. The van der Waals surface area contributed by atoms with Gasteiger partial charge in [-0.05, 0) is 54.1 Å². The van der Waals surface area contributed by atoms with Crippen molar-refractivity contribution in [1.29, 1.82) is 0 Å². The van der Waals surface area contributed by atoms with Crippen LogP contribution < -0.4 is 10.1 Å². The summed E-state index contributed by atoms with van der Waals surface area (Å²) in [6, 6.07) is 13.4. The summed E-state index contributed by atoms with van der Waals surface area (Å²) in [5, 5.41) is 20.5. The molecule has 1 atom stereocenters. The Morgan fingerprint density at radius 3 is 1.90 bits per heavy atom. The number of ketones is 2.